The lowest BCUT2D eigenvalue weighted by atomic mass is 10.1. The number of aliphatic carboxylic acids is 1. The second kappa shape index (κ2) is 8.58. The number of nitro benzene ring substituents is 1. The molecule has 1 aliphatic heterocycles. The molecule has 0 aliphatic carbocycles. The van der Waals surface area contributed by atoms with Crippen molar-refractivity contribution in [3.63, 3.8) is 0 Å². The van der Waals surface area contributed by atoms with E-state index >= 15 is 0 Å². The van der Waals surface area contributed by atoms with Gasteiger partial charge in [-0.3, -0.25) is 24.5 Å². The number of ether oxygens (including phenoxy) is 1. The van der Waals surface area contributed by atoms with Gasteiger partial charge in [0, 0.05) is 36.9 Å². The smallest absolute Gasteiger partial charge is 0.305 e. The second-order valence-electron chi connectivity index (χ2n) is 6.33. The summed E-state index contributed by atoms with van der Waals surface area (Å²) in [4.78, 5) is 47.3. The Morgan fingerprint density at radius 2 is 2.11 bits per heavy atom. The summed E-state index contributed by atoms with van der Waals surface area (Å²) in [7, 11) is 1.50. The van der Waals surface area contributed by atoms with Crippen LogP contribution in [0.1, 0.15) is 28.8 Å². The summed E-state index contributed by atoms with van der Waals surface area (Å²) < 4.78 is 5.21. The molecule has 2 atom stereocenters. The molecule has 10 heteroatoms. The maximum atomic E-state index is 12.4. The van der Waals surface area contributed by atoms with E-state index < -0.39 is 28.7 Å². The van der Waals surface area contributed by atoms with E-state index in [0.717, 1.165) is 0 Å². The van der Waals surface area contributed by atoms with Crippen LogP contribution in [0.5, 0.6) is 0 Å². The van der Waals surface area contributed by atoms with Crippen LogP contribution in [-0.2, 0) is 14.3 Å². The number of hydrogen-bond acceptors (Lipinski definition) is 6. The first-order chi connectivity index (χ1) is 12.7. The number of carboxylic acid groups (broad SMARTS) is 1. The van der Waals surface area contributed by atoms with Gasteiger partial charge < -0.3 is 20.1 Å². The lowest BCUT2D eigenvalue weighted by Crippen LogP contribution is -2.43. The Morgan fingerprint density at radius 3 is 2.67 bits per heavy atom. The quantitative estimate of drug-likeness (QED) is 0.526. The average Bonchev–Trinajstić information content (AvgIpc) is 3.01. The first-order valence-corrected chi connectivity index (χ1v) is 8.30. The highest BCUT2D eigenvalue weighted by Gasteiger charge is 2.36. The van der Waals surface area contributed by atoms with E-state index in [1.165, 1.54) is 37.1 Å². The van der Waals surface area contributed by atoms with Crippen molar-refractivity contribution in [2.24, 2.45) is 0 Å². The Morgan fingerprint density at radius 1 is 1.41 bits per heavy atom. The molecule has 1 aliphatic rings. The van der Waals surface area contributed by atoms with Crippen LogP contribution in [0, 0.1) is 17.0 Å². The zero-order valence-corrected chi connectivity index (χ0v) is 15.0. The van der Waals surface area contributed by atoms with Gasteiger partial charge in [-0.25, -0.2) is 0 Å². The van der Waals surface area contributed by atoms with Crippen LogP contribution in [0.15, 0.2) is 18.2 Å². The zero-order valence-electron chi connectivity index (χ0n) is 15.0. The molecule has 0 saturated carbocycles. The fraction of sp³-hybridized carbons (Fsp3) is 0.471. The molecule has 1 saturated heterocycles. The van der Waals surface area contributed by atoms with E-state index in [9.17, 15) is 24.5 Å². The molecule has 0 radical (unpaired) electrons. The molecule has 0 aromatic heterocycles. The van der Waals surface area contributed by atoms with Crippen molar-refractivity contribution in [3.05, 3.63) is 39.4 Å². The number of carboxylic acids is 1. The number of likely N-dealkylation sites (tertiary alicyclic amines) is 1. The van der Waals surface area contributed by atoms with Crippen molar-refractivity contribution in [3.8, 4) is 0 Å². The monoisotopic (exact) mass is 379 g/mol. The molecular formula is C17H21N3O7. The van der Waals surface area contributed by atoms with E-state index in [0.29, 0.717) is 12.0 Å². The third kappa shape index (κ3) is 5.00. The molecule has 2 rings (SSSR count). The Bertz CT molecular complexity index is 765. The van der Waals surface area contributed by atoms with Crippen LogP contribution in [0.4, 0.5) is 5.69 Å². The highest BCUT2D eigenvalue weighted by Crippen LogP contribution is 2.23. The van der Waals surface area contributed by atoms with Crippen LogP contribution in [0.2, 0.25) is 0 Å². The molecule has 1 aromatic rings. The number of nitrogens with one attached hydrogen (secondary N) is 1. The number of rotatable bonds is 7. The van der Waals surface area contributed by atoms with Gasteiger partial charge in [0.25, 0.3) is 11.6 Å². The Kier molecular flexibility index (Phi) is 6.45. The predicted octanol–water partition coefficient (Wildman–Crippen LogP) is 0.724. The molecule has 2 N–H and O–H groups in total. The number of nitrogens with zero attached hydrogens (tertiary/aromatic N) is 2. The van der Waals surface area contributed by atoms with Gasteiger partial charge in [-0.05, 0) is 25.5 Å². The van der Waals surface area contributed by atoms with Gasteiger partial charge in [0.05, 0.1) is 24.0 Å². The van der Waals surface area contributed by atoms with E-state index in [2.05, 4.69) is 5.32 Å². The highest BCUT2D eigenvalue weighted by molar-refractivity contribution is 5.97. The SMILES string of the molecule is COC1CC(CC(=O)O)N(C(=O)CNC(=O)c2ccc([N+](=O)[O-])c(C)c2)C1. The first-order valence-electron chi connectivity index (χ1n) is 8.30. The van der Waals surface area contributed by atoms with Crippen LogP contribution in [0.25, 0.3) is 0 Å². The number of carbonyl (C=O) groups excluding carboxylic acids is 2. The summed E-state index contributed by atoms with van der Waals surface area (Å²) in [6.07, 6.45) is -0.0168. The summed E-state index contributed by atoms with van der Waals surface area (Å²) in [5.74, 6) is -1.97. The van der Waals surface area contributed by atoms with Crippen molar-refractivity contribution in [2.45, 2.75) is 31.9 Å². The predicted molar refractivity (Wildman–Crippen MR) is 93.3 cm³/mol. The van der Waals surface area contributed by atoms with E-state index in [1.54, 1.807) is 0 Å². The largest absolute Gasteiger partial charge is 0.481 e. The second-order valence-corrected chi connectivity index (χ2v) is 6.33. The normalized spacial score (nSPS) is 19.0. The average molecular weight is 379 g/mol. The lowest BCUT2D eigenvalue weighted by molar-refractivity contribution is -0.385. The lowest BCUT2D eigenvalue weighted by Gasteiger charge is -2.23. The van der Waals surface area contributed by atoms with Crippen molar-refractivity contribution < 1.29 is 29.2 Å². The summed E-state index contributed by atoms with van der Waals surface area (Å²) in [6, 6.07) is 3.44. The molecule has 0 spiro atoms. The minimum absolute atomic E-state index is 0.0955. The molecule has 146 valence electrons. The molecule has 1 fully saturated rings. The number of nitro groups is 1. The maximum Gasteiger partial charge on any atom is 0.305 e. The topological polar surface area (TPSA) is 139 Å². The van der Waals surface area contributed by atoms with Crippen molar-refractivity contribution >= 4 is 23.5 Å². The molecule has 10 nitrogen and oxygen atoms in total. The van der Waals surface area contributed by atoms with Crippen molar-refractivity contribution in [2.75, 3.05) is 20.2 Å². The zero-order chi connectivity index (χ0) is 20.1. The number of hydrogen-bond donors (Lipinski definition) is 2. The molecule has 2 unspecified atom stereocenters. The van der Waals surface area contributed by atoms with Gasteiger partial charge in [-0.15, -0.1) is 0 Å². The third-order valence-corrected chi connectivity index (χ3v) is 4.50. The summed E-state index contributed by atoms with van der Waals surface area (Å²) >= 11 is 0. The Labute approximate surface area is 155 Å². The van der Waals surface area contributed by atoms with Gasteiger partial charge in [-0.1, -0.05) is 0 Å². The fourth-order valence-electron chi connectivity index (χ4n) is 3.11. The number of benzene rings is 1. The van der Waals surface area contributed by atoms with Crippen molar-refractivity contribution in [1.29, 1.82) is 0 Å². The molecule has 0 bridgehead atoms. The summed E-state index contributed by atoms with van der Waals surface area (Å²) in [5, 5.41) is 22.3. The van der Waals surface area contributed by atoms with Gasteiger partial charge in [0.1, 0.15) is 0 Å². The van der Waals surface area contributed by atoms with E-state index in [1.807, 2.05) is 0 Å². The third-order valence-electron chi connectivity index (χ3n) is 4.50. The number of amides is 2. The van der Waals surface area contributed by atoms with E-state index in [4.69, 9.17) is 9.84 Å². The van der Waals surface area contributed by atoms with Gasteiger partial charge in [0.2, 0.25) is 5.91 Å². The number of methoxy groups -OCH3 is 1. The minimum atomic E-state index is -1.01. The Balaban J connectivity index is 1.99. The molecule has 27 heavy (non-hydrogen) atoms. The van der Waals surface area contributed by atoms with Crippen LogP contribution in [-0.4, -0.2) is 65.1 Å². The standard InChI is InChI=1S/C17H21N3O7/c1-10-5-11(3-4-14(10)20(25)26)17(24)18-8-15(21)19-9-13(27-2)6-12(19)7-16(22)23/h3-5,12-13H,6-9H2,1-2H3,(H,18,24)(H,22,23). The Hall–Kier alpha value is -3.01. The van der Waals surface area contributed by atoms with Crippen LogP contribution < -0.4 is 5.32 Å². The summed E-state index contributed by atoms with van der Waals surface area (Å²) in [5.41, 5.74) is 0.439. The molecule has 1 heterocycles. The minimum Gasteiger partial charge on any atom is -0.481 e. The van der Waals surface area contributed by atoms with E-state index in [-0.39, 0.29) is 36.9 Å². The van der Waals surface area contributed by atoms with Crippen LogP contribution in [0.3, 0.4) is 0 Å². The fourth-order valence-corrected chi connectivity index (χ4v) is 3.11. The molecule has 2 amide bonds. The molecule has 1 aromatic carbocycles. The van der Waals surface area contributed by atoms with Gasteiger partial charge >= 0.3 is 5.97 Å². The highest BCUT2D eigenvalue weighted by atomic mass is 16.6. The van der Waals surface area contributed by atoms with Gasteiger partial charge in [0.15, 0.2) is 0 Å². The summed E-state index contributed by atoms with van der Waals surface area (Å²) in [6.45, 7) is 1.48. The van der Waals surface area contributed by atoms with Gasteiger partial charge in [-0.2, -0.15) is 0 Å². The maximum absolute atomic E-state index is 12.4. The first kappa shape index (κ1) is 20.3. The van der Waals surface area contributed by atoms with Crippen LogP contribution >= 0.6 is 0 Å². The number of carbonyl (C=O) groups is 3. The van der Waals surface area contributed by atoms with Crippen molar-refractivity contribution in [1.82, 2.24) is 10.2 Å². The number of aryl methyl sites for hydroxylation is 1. The molecular weight excluding hydrogens is 358 g/mol.